The Hall–Kier alpha value is -2.54. The normalized spacial score (nSPS) is 12.8. The molecule has 0 fully saturated rings. The highest BCUT2D eigenvalue weighted by Gasteiger charge is 2.14. The number of aromatic amines is 1. The van der Waals surface area contributed by atoms with Gasteiger partial charge in [0.2, 0.25) is 0 Å². The zero-order chi connectivity index (χ0) is 13.9. The molecule has 20 heavy (non-hydrogen) atoms. The predicted octanol–water partition coefficient (Wildman–Crippen LogP) is 1.85. The first-order valence-corrected chi connectivity index (χ1v) is 6.67. The summed E-state index contributed by atoms with van der Waals surface area (Å²) in [6, 6.07) is 5.61. The van der Waals surface area contributed by atoms with Gasteiger partial charge in [-0.3, -0.25) is 4.79 Å². The summed E-state index contributed by atoms with van der Waals surface area (Å²) in [6.45, 7) is 0.425. The summed E-state index contributed by atoms with van der Waals surface area (Å²) in [5.41, 5.74) is 3.72. The molecule has 100 valence electrons. The zero-order valence-corrected chi connectivity index (χ0v) is 11.1. The molecule has 0 bridgehead atoms. The Bertz CT molecular complexity index is 740. The Labute approximate surface area is 117 Å². The first-order valence-electron chi connectivity index (χ1n) is 6.67. The fraction of sp³-hybridized carbons (Fsp3) is 0.250. The van der Waals surface area contributed by atoms with Crippen molar-refractivity contribution >= 4 is 5.82 Å². The Kier molecular flexibility index (Phi) is 3.26. The highest BCUT2D eigenvalue weighted by atomic mass is 16.1. The Balaban J connectivity index is 1.83. The maximum absolute atomic E-state index is 12.0. The molecule has 0 saturated heterocycles. The third kappa shape index (κ3) is 2.30. The van der Waals surface area contributed by atoms with E-state index in [0.29, 0.717) is 17.9 Å². The molecule has 0 unspecified atom stereocenters. The van der Waals surface area contributed by atoms with E-state index >= 15 is 0 Å². The lowest BCUT2D eigenvalue weighted by Crippen LogP contribution is -2.18. The maximum Gasteiger partial charge on any atom is 0.253 e. The number of aromatic nitrogens is 2. The van der Waals surface area contributed by atoms with E-state index in [2.05, 4.69) is 21.2 Å². The molecule has 0 aromatic carbocycles. The number of rotatable bonds is 3. The van der Waals surface area contributed by atoms with E-state index in [4.69, 9.17) is 6.42 Å². The fourth-order valence-corrected chi connectivity index (χ4v) is 2.54. The van der Waals surface area contributed by atoms with E-state index in [1.54, 1.807) is 12.3 Å². The van der Waals surface area contributed by atoms with E-state index in [1.807, 2.05) is 12.1 Å². The van der Waals surface area contributed by atoms with Gasteiger partial charge < -0.3 is 10.3 Å². The summed E-state index contributed by atoms with van der Waals surface area (Å²) in [5.74, 6) is 3.21. The van der Waals surface area contributed by atoms with Gasteiger partial charge in [-0.1, -0.05) is 5.92 Å². The SMILES string of the molecule is C#Cc1cccnc1NCc1cc2c([nH]c1=O)CCC2. The summed E-state index contributed by atoms with van der Waals surface area (Å²) in [4.78, 5) is 19.2. The van der Waals surface area contributed by atoms with Crippen LogP contribution in [0.4, 0.5) is 5.82 Å². The van der Waals surface area contributed by atoms with Gasteiger partial charge in [0.05, 0.1) is 5.56 Å². The molecule has 4 nitrogen and oxygen atoms in total. The van der Waals surface area contributed by atoms with Gasteiger partial charge in [0.15, 0.2) is 0 Å². The van der Waals surface area contributed by atoms with Crippen molar-refractivity contribution in [1.82, 2.24) is 9.97 Å². The number of fused-ring (bicyclic) bond motifs is 1. The van der Waals surface area contributed by atoms with Crippen LogP contribution in [-0.2, 0) is 19.4 Å². The Morgan fingerprint density at radius 3 is 3.20 bits per heavy atom. The van der Waals surface area contributed by atoms with Crippen LogP contribution in [0.15, 0.2) is 29.2 Å². The van der Waals surface area contributed by atoms with E-state index in [1.165, 1.54) is 5.56 Å². The average molecular weight is 265 g/mol. The summed E-state index contributed by atoms with van der Waals surface area (Å²) in [5, 5.41) is 3.14. The molecule has 1 aliphatic carbocycles. The smallest absolute Gasteiger partial charge is 0.253 e. The van der Waals surface area contributed by atoms with Crippen molar-refractivity contribution in [3.05, 3.63) is 57.1 Å². The third-order valence-electron chi connectivity index (χ3n) is 3.57. The van der Waals surface area contributed by atoms with Crippen molar-refractivity contribution in [3.8, 4) is 12.3 Å². The third-order valence-corrected chi connectivity index (χ3v) is 3.57. The van der Waals surface area contributed by atoms with Crippen molar-refractivity contribution < 1.29 is 0 Å². The molecule has 4 heteroatoms. The molecule has 0 radical (unpaired) electrons. The van der Waals surface area contributed by atoms with Crippen LogP contribution in [0.3, 0.4) is 0 Å². The summed E-state index contributed by atoms with van der Waals surface area (Å²) in [7, 11) is 0. The van der Waals surface area contributed by atoms with Crippen LogP contribution in [-0.4, -0.2) is 9.97 Å². The molecule has 2 heterocycles. The predicted molar refractivity (Wildman–Crippen MR) is 78.6 cm³/mol. The number of H-pyrrole nitrogens is 1. The van der Waals surface area contributed by atoms with Crippen LogP contribution in [0.5, 0.6) is 0 Å². The Morgan fingerprint density at radius 2 is 2.35 bits per heavy atom. The molecular formula is C16H15N3O. The standard InChI is InChI=1S/C16H15N3O/c1-2-11-6-4-8-17-15(11)18-10-13-9-12-5-3-7-14(12)19-16(13)20/h1,4,6,8-9H,3,5,7,10H2,(H,17,18)(H,19,20). The molecule has 2 aromatic rings. The highest BCUT2D eigenvalue weighted by molar-refractivity contribution is 5.52. The maximum atomic E-state index is 12.0. The van der Waals surface area contributed by atoms with Crippen LogP contribution < -0.4 is 10.9 Å². The minimum Gasteiger partial charge on any atom is -0.365 e. The lowest BCUT2D eigenvalue weighted by Gasteiger charge is -2.08. The van der Waals surface area contributed by atoms with Gasteiger partial charge >= 0.3 is 0 Å². The second-order valence-corrected chi connectivity index (χ2v) is 4.88. The van der Waals surface area contributed by atoms with Crippen LogP contribution in [0.1, 0.15) is 28.8 Å². The van der Waals surface area contributed by atoms with Crippen molar-refractivity contribution in [1.29, 1.82) is 0 Å². The first-order chi connectivity index (χ1) is 9.78. The fourth-order valence-electron chi connectivity index (χ4n) is 2.54. The van der Waals surface area contributed by atoms with Crippen LogP contribution >= 0.6 is 0 Å². The molecule has 0 saturated carbocycles. The molecule has 0 aliphatic heterocycles. The van der Waals surface area contributed by atoms with E-state index in [-0.39, 0.29) is 5.56 Å². The summed E-state index contributed by atoms with van der Waals surface area (Å²) >= 11 is 0. The second kappa shape index (κ2) is 5.22. The molecule has 0 amide bonds. The molecule has 3 rings (SSSR count). The number of terminal acetylenes is 1. The lowest BCUT2D eigenvalue weighted by atomic mass is 10.1. The number of aryl methyl sites for hydroxylation is 2. The number of pyridine rings is 2. The largest absolute Gasteiger partial charge is 0.365 e. The number of nitrogens with one attached hydrogen (secondary N) is 2. The van der Waals surface area contributed by atoms with Gasteiger partial charge in [0.1, 0.15) is 5.82 Å². The van der Waals surface area contributed by atoms with Crippen molar-refractivity contribution in [2.75, 3.05) is 5.32 Å². The van der Waals surface area contributed by atoms with E-state index in [9.17, 15) is 4.79 Å². The second-order valence-electron chi connectivity index (χ2n) is 4.88. The number of hydrogen-bond acceptors (Lipinski definition) is 3. The van der Waals surface area contributed by atoms with Gasteiger partial charge in [-0.25, -0.2) is 4.98 Å². The van der Waals surface area contributed by atoms with Crippen LogP contribution in [0.2, 0.25) is 0 Å². The minimum atomic E-state index is -0.0312. The molecule has 2 aromatic heterocycles. The summed E-state index contributed by atoms with van der Waals surface area (Å²) in [6.07, 6.45) is 10.2. The molecular weight excluding hydrogens is 250 g/mol. The number of anilines is 1. The molecule has 1 aliphatic rings. The number of nitrogens with zero attached hydrogens (tertiary/aromatic N) is 1. The number of hydrogen-bond donors (Lipinski definition) is 2. The molecule has 0 spiro atoms. The van der Waals surface area contributed by atoms with Crippen molar-refractivity contribution in [2.24, 2.45) is 0 Å². The van der Waals surface area contributed by atoms with Crippen LogP contribution in [0, 0.1) is 12.3 Å². The van der Waals surface area contributed by atoms with Gasteiger partial charge in [-0.2, -0.15) is 0 Å². The van der Waals surface area contributed by atoms with Crippen molar-refractivity contribution in [3.63, 3.8) is 0 Å². The quantitative estimate of drug-likeness (QED) is 0.833. The van der Waals surface area contributed by atoms with Gasteiger partial charge in [-0.05, 0) is 43.0 Å². The van der Waals surface area contributed by atoms with E-state index in [0.717, 1.165) is 30.5 Å². The van der Waals surface area contributed by atoms with Crippen LogP contribution in [0.25, 0.3) is 0 Å². The zero-order valence-electron chi connectivity index (χ0n) is 11.1. The monoisotopic (exact) mass is 265 g/mol. The van der Waals surface area contributed by atoms with Gasteiger partial charge in [-0.15, -0.1) is 6.42 Å². The van der Waals surface area contributed by atoms with E-state index < -0.39 is 0 Å². The Morgan fingerprint density at radius 1 is 1.45 bits per heavy atom. The van der Waals surface area contributed by atoms with Gasteiger partial charge in [0.25, 0.3) is 5.56 Å². The summed E-state index contributed by atoms with van der Waals surface area (Å²) < 4.78 is 0. The van der Waals surface area contributed by atoms with Crippen molar-refractivity contribution in [2.45, 2.75) is 25.8 Å². The van der Waals surface area contributed by atoms with Gasteiger partial charge in [0, 0.05) is 24.0 Å². The topological polar surface area (TPSA) is 57.8 Å². The lowest BCUT2D eigenvalue weighted by molar-refractivity contribution is 0.896. The average Bonchev–Trinajstić information content (AvgIpc) is 2.92. The first kappa shape index (κ1) is 12.5. The highest BCUT2D eigenvalue weighted by Crippen LogP contribution is 2.19. The molecule has 0 atom stereocenters. The minimum absolute atomic E-state index is 0.0312. The molecule has 2 N–H and O–H groups in total.